The Morgan fingerprint density at radius 2 is 1.57 bits per heavy atom. The minimum absolute atomic E-state index is 0.0575. The smallest absolute Gasteiger partial charge is 0.251 e. The standard InChI is InChI=1S/C29H36N4O4/c1-28(2,3)18-29(4,5)33-27(35)25(20(15-30)16-31)21-10-8-9-11-22(21)26(34)32-17-19-12-13-23(36-6)24(14-19)37-7/h8-14,20,25H,17-18H2,1-7H3,(H,32,34)(H,33,35). The zero-order valence-electron chi connectivity index (χ0n) is 22.6. The lowest BCUT2D eigenvalue weighted by atomic mass is 9.80. The van der Waals surface area contributed by atoms with Crippen LogP contribution in [0.3, 0.4) is 0 Å². The lowest BCUT2D eigenvalue weighted by molar-refractivity contribution is -0.124. The van der Waals surface area contributed by atoms with E-state index in [1.54, 1.807) is 43.5 Å². The van der Waals surface area contributed by atoms with Crippen LogP contribution in [0.5, 0.6) is 11.5 Å². The lowest BCUT2D eigenvalue weighted by Gasteiger charge is -2.35. The SMILES string of the molecule is COc1ccc(CNC(=O)c2ccccc2C(C(=O)NC(C)(C)CC(C)(C)C)C(C#N)C#N)cc1OC. The number of methoxy groups -OCH3 is 2. The molecule has 0 spiro atoms. The van der Waals surface area contributed by atoms with Crippen molar-refractivity contribution < 1.29 is 19.1 Å². The van der Waals surface area contributed by atoms with Crippen molar-refractivity contribution in [2.75, 3.05) is 14.2 Å². The van der Waals surface area contributed by atoms with Crippen LogP contribution < -0.4 is 20.1 Å². The summed E-state index contributed by atoms with van der Waals surface area (Å²) in [4.78, 5) is 26.8. The van der Waals surface area contributed by atoms with Crippen molar-refractivity contribution in [1.82, 2.24) is 10.6 Å². The van der Waals surface area contributed by atoms with Crippen LogP contribution in [0.25, 0.3) is 0 Å². The Labute approximate surface area is 219 Å². The normalized spacial score (nSPS) is 12.2. The lowest BCUT2D eigenvalue weighted by Crippen LogP contribution is -2.48. The Kier molecular flexibility index (Phi) is 9.68. The summed E-state index contributed by atoms with van der Waals surface area (Å²) in [6.07, 6.45) is 0.676. The Morgan fingerprint density at radius 3 is 2.14 bits per heavy atom. The molecule has 0 radical (unpaired) electrons. The van der Waals surface area contributed by atoms with E-state index in [0.717, 1.165) is 5.56 Å². The molecule has 2 N–H and O–H groups in total. The van der Waals surface area contributed by atoms with Crippen LogP contribution in [0.4, 0.5) is 0 Å². The van der Waals surface area contributed by atoms with E-state index >= 15 is 0 Å². The van der Waals surface area contributed by atoms with Gasteiger partial charge in [-0.05, 0) is 55.0 Å². The molecule has 196 valence electrons. The number of ether oxygens (including phenoxy) is 2. The van der Waals surface area contributed by atoms with Crippen LogP contribution in [0.2, 0.25) is 0 Å². The second kappa shape index (κ2) is 12.3. The Balaban J connectivity index is 2.37. The van der Waals surface area contributed by atoms with Crippen LogP contribution >= 0.6 is 0 Å². The highest BCUT2D eigenvalue weighted by Crippen LogP contribution is 2.32. The molecule has 0 aliphatic carbocycles. The van der Waals surface area contributed by atoms with E-state index in [4.69, 9.17) is 9.47 Å². The third kappa shape index (κ3) is 7.98. The number of carbonyl (C=O) groups excluding carboxylic acids is 2. The van der Waals surface area contributed by atoms with Crippen molar-refractivity contribution >= 4 is 11.8 Å². The Morgan fingerprint density at radius 1 is 0.946 bits per heavy atom. The van der Waals surface area contributed by atoms with Gasteiger partial charge in [0.15, 0.2) is 11.5 Å². The molecule has 0 saturated carbocycles. The van der Waals surface area contributed by atoms with Gasteiger partial charge in [-0.2, -0.15) is 10.5 Å². The predicted octanol–water partition coefficient (Wildman–Crippen LogP) is 4.71. The Hall–Kier alpha value is -4.04. The average molecular weight is 505 g/mol. The van der Waals surface area contributed by atoms with Crippen molar-refractivity contribution in [3.8, 4) is 23.6 Å². The number of rotatable bonds is 10. The highest BCUT2D eigenvalue weighted by atomic mass is 16.5. The van der Waals surface area contributed by atoms with Crippen LogP contribution in [-0.2, 0) is 11.3 Å². The number of nitriles is 2. The molecule has 37 heavy (non-hydrogen) atoms. The third-order valence-corrected chi connectivity index (χ3v) is 5.77. The van der Waals surface area contributed by atoms with Gasteiger partial charge in [-0.1, -0.05) is 45.0 Å². The molecule has 0 heterocycles. The summed E-state index contributed by atoms with van der Waals surface area (Å²) in [5.74, 6) is -2.20. The van der Waals surface area contributed by atoms with Gasteiger partial charge >= 0.3 is 0 Å². The third-order valence-electron chi connectivity index (χ3n) is 5.77. The minimum Gasteiger partial charge on any atom is -0.493 e. The second-order valence-electron chi connectivity index (χ2n) is 10.8. The van der Waals surface area contributed by atoms with Crippen LogP contribution in [0, 0.1) is 34.0 Å². The summed E-state index contributed by atoms with van der Waals surface area (Å²) in [5.41, 5.74) is 0.691. The number of carbonyl (C=O) groups is 2. The largest absolute Gasteiger partial charge is 0.493 e. The molecule has 0 saturated heterocycles. The second-order valence-corrected chi connectivity index (χ2v) is 10.8. The fourth-order valence-corrected chi connectivity index (χ4v) is 4.67. The zero-order chi connectivity index (χ0) is 27.8. The van der Waals surface area contributed by atoms with Crippen molar-refractivity contribution in [2.24, 2.45) is 11.3 Å². The fourth-order valence-electron chi connectivity index (χ4n) is 4.67. The molecule has 2 aromatic rings. The average Bonchev–Trinajstić information content (AvgIpc) is 2.83. The molecular weight excluding hydrogens is 468 g/mol. The number of hydrogen-bond donors (Lipinski definition) is 2. The predicted molar refractivity (Wildman–Crippen MR) is 141 cm³/mol. The number of amides is 2. The van der Waals surface area contributed by atoms with Crippen molar-refractivity contribution in [3.63, 3.8) is 0 Å². The monoisotopic (exact) mass is 504 g/mol. The number of hydrogen-bond acceptors (Lipinski definition) is 6. The highest BCUT2D eigenvalue weighted by Gasteiger charge is 2.36. The van der Waals surface area contributed by atoms with Crippen molar-refractivity contribution in [2.45, 2.75) is 59.0 Å². The molecule has 8 heteroatoms. The molecule has 0 fully saturated rings. The first-order valence-corrected chi connectivity index (χ1v) is 12.0. The summed E-state index contributed by atoms with van der Waals surface area (Å²) < 4.78 is 10.6. The first-order valence-electron chi connectivity index (χ1n) is 12.0. The van der Waals surface area contributed by atoms with Crippen LogP contribution in [0.15, 0.2) is 42.5 Å². The number of nitrogens with zero attached hydrogens (tertiary/aromatic N) is 2. The zero-order valence-corrected chi connectivity index (χ0v) is 22.6. The number of nitrogens with one attached hydrogen (secondary N) is 2. The molecule has 0 bridgehead atoms. The summed E-state index contributed by atoms with van der Waals surface area (Å²) in [6.45, 7) is 10.2. The molecule has 1 atom stereocenters. The van der Waals surface area contributed by atoms with Gasteiger partial charge in [0.25, 0.3) is 5.91 Å². The number of benzene rings is 2. The van der Waals surface area contributed by atoms with Gasteiger partial charge < -0.3 is 20.1 Å². The summed E-state index contributed by atoms with van der Waals surface area (Å²) in [7, 11) is 3.08. The molecule has 2 rings (SSSR count). The first kappa shape index (κ1) is 29.2. The van der Waals surface area contributed by atoms with Gasteiger partial charge in [-0.3, -0.25) is 9.59 Å². The van der Waals surface area contributed by atoms with Crippen molar-refractivity contribution in [1.29, 1.82) is 10.5 Å². The van der Waals surface area contributed by atoms with Crippen LogP contribution in [-0.4, -0.2) is 31.6 Å². The van der Waals surface area contributed by atoms with Gasteiger partial charge in [0.05, 0.1) is 32.3 Å². The van der Waals surface area contributed by atoms with Gasteiger partial charge in [-0.25, -0.2) is 0 Å². The quantitative estimate of drug-likeness (QED) is 0.483. The van der Waals surface area contributed by atoms with Crippen LogP contribution in [0.1, 0.15) is 68.4 Å². The molecule has 2 amide bonds. The van der Waals surface area contributed by atoms with E-state index in [-0.39, 0.29) is 17.5 Å². The molecule has 0 aromatic heterocycles. The van der Waals surface area contributed by atoms with Gasteiger partial charge in [-0.15, -0.1) is 0 Å². The molecule has 0 aliphatic heterocycles. The minimum atomic E-state index is -1.27. The maximum absolute atomic E-state index is 13.5. The summed E-state index contributed by atoms with van der Waals surface area (Å²) in [5, 5.41) is 25.2. The molecule has 2 aromatic carbocycles. The van der Waals surface area contributed by atoms with E-state index in [2.05, 4.69) is 31.4 Å². The van der Waals surface area contributed by atoms with E-state index in [0.29, 0.717) is 23.5 Å². The molecule has 8 nitrogen and oxygen atoms in total. The van der Waals surface area contributed by atoms with E-state index < -0.39 is 29.2 Å². The topological polar surface area (TPSA) is 124 Å². The maximum atomic E-state index is 13.5. The van der Waals surface area contributed by atoms with Gasteiger partial charge in [0.1, 0.15) is 5.92 Å². The molecule has 0 aliphatic rings. The molecular formula is C29H36N4O4. The van der Waals surface area contributed by atoms with E-state index in [9.17, 15) is 20.1 Å². The van der Waals surface area contributed by atoms with E-state index in [1.807, 2.05) is 32.1 Å². The Bertz CT molecular complexity index is 1190. The summed E-state index contributed by atoms with van der Waals surface area (Å²) >= 11 is 0. The fraction of sp³-hybridized carbons (Fsp3) is 0.448. The van der Waals surface area contributed by atoms with Gasteiger partial charge in [0, 0.05) is 17.6 Å². The summed E-state index contributed by atoms with van der Waals surface area (Å²) in [6, 6.07) is 15.8. The maximum Gasteiger partial charge on any atom is 0.251 e. The first-order chi connectivity index (χ1) is 17.4. The van der Waals surface area contributed by atoms with Gasteiger partial charge in [0.2, 0.25) is 5.91 Å². The molecule has 1 unspecified atom stereocenters. The van der Waals surface area contributed by atoms with Crippen molar-refractivity contribution in [3.05, 3.63) is 59.2 Å². The van der Waals surface area contributed by atoms with E-state index in [1.165, 1.54) is 7.11 Å². The highest BCUT2D eigenvalue weighted by molar-refractivity contribution is 5.98.